The number of halogens is 1. The van der Waals surface area contributed by atoms with Crippen molar-refractivity contribution in [2.75, 3.05) is 25.1 Å². The van der Waals surface area contributed by atoms with E-state index in [1.54, 1.807) is 7.05 Å². The largest absolute Gasteiger partial charge is 0.356 e. The Balaban J connectivity index is 0.00000243. The summed E-state index contributed by atoms with van der Waals surface area (Å²) in [6.07, 6.45) is 5.52. The summed E-state index contributed by atoms with van der Waals surface area (Å²) in [7, 11) is -1.14. The Morgan fingerprint density at radius 3 is 2.62 bits per heavy atom. The van der Waals surface area contributed by atoms with Crippen molar-refractivity contribution in [3.8, 4) is 0 Å². The first-order valence-corrected chi connectivity index (χ1v) is 11.0. The number of hydrogen-bond donors (Lipinski definition) is 2. The van der Waals surface area contributed by atoms with Crippen LogP contribution in [-0.2, 0) is 15.3 Å². The molecule has 1 saturated heterocycles. The minimum Gasteiger partial charge on any atom is -0.356 e. The Morgan fingerprint density at radius 1 is 1.31 bits per heavy atom. The van der Waals surface area contributed by atoms with Crippen LogP contribution in [0.1, 0.15) is 43.2 Å². The summed E-state index contributed by atoms with van der Waals surface area (Å²) < 4.78 is 23.3. The number of benzene rings is 1. The molecule has 26 heavy (non-hydrogen) atoms. The third-order valence-corrected chi connectivity index (χ3v) is 7.35. The Hall–Kier alpha value is -0.830. The molecule has 7 heteroatoms. The average molecular weight is 491 g/mol. The van der Waals surface area contributed by atoms with Crippen molar-refractivity contribution < 1.29 is 8.42 Å². The van der Waals surface area contributed by atoms with Gasteiger partial charge < -0.3 is 10.6 Å². The highest BCUT2D eigenvalue weighted by Gasteiger charge is 2.36. The highest BCUT2D eigenvalue weighted by atomic mass is 127. The summed E-state index contributed by atoms with van der Waals surface area (Å²) in [6.45, 7) is 2.97. The van der Waals surface area contributed by atoms with Gasteiger partial charge in [-0.2, -0.15) is 0 Å². The SMILES string of the molecule is CN=C(NCC1(c2cccc(C)c2)CCCC1)NC1CCS(=O)(=O)C1.I. The lowest BCUT2D eigenvalue weighted by Crippen LogP contribution is -2.48. The van der Waals surface area contributed by atoms with E-state index in [1.165, 1.54) is 36.8 Å². The third-order valence-electron chi connectivity index (χ3n) is 5.58. The second-order valence-corrected chi connectivity index (χ2v) is 9.76. The van der Waals surface area contributed by atoms with Crippen molar-refractivity contribution in [2.45, 2.75) is 50.5 Å². The first-order chi connectivity index (χ1) is 11.9. The molecule has 0 amide bonds. The molecule has 1 aromatic carbocycles. The van der Waals surface area contributed by atoms with Gasteiger partial charge in [-0.25, -0.2) is 8.42 Å². The summed E-state index contributed by atoms with van der Waals surface area (Å²) >= 11 is 0. The standard InChI is InChI=1S/C19H29N3O2S.HI/c1-15-6-5-7-16(12-15)19(9-3-4-10-19)14-21-18(20-2)22-17-8-11-25(23,24)13-17;/h5-7,12,17H,3-4,8-11,13-14H2,1-2H3,(H2,20,21,22);1H. The fraction of sp³-hybridized carbons (Fsp3) is 0.632. The van der Waals surface area contributed by atoms with Gasteiger partial charge in [-0.1, -0.05) is 42.7 Å². The molecular formula is C19H30IN3O2S. The van der Waals surface area contributed by atoms with Gasteiger partial charge >= 0.3 is 0 Å². The van der Waals surface area contributed by atoms with Gasteiger partial charge in [0.15, 0.2) is 15.8 Å². The Bertz CT molecular complexity index is 743. The molecule has 0 bridgehead atoms. The van der Waals surface area contributed by atoms with Crippen molar-refractivity contribution in [3.05, 3.63) is 35.4 Å². The molecule has 1 heterocycles. The molecule has 0 radical (unpaired) electrons. The highest BCUT2D eigenvalue weighted by Crippen LogP contribution is 2.40. The first kappa shape index (κ1) is 21.5. The zero-order valence-electron chi connectivity index (χ0n) is 15.6. The Morgan fingerprint density at radius 2 is 2.04 bits per heavy atom. The van der Waals surface area contributed by atoms with E-state index in [2.05, 4.69) is 46.8 Å². The molecule has 1 aliphatic heterocycles. The number of hydrogen-bond acceptors (Lipinski definition) is 3. The molecule has 2 N–H and O–H groups in total. The van der Waals surface area contributed by atoms with Crippen LogP contribution < -0.4 is 10.6 Å². The van der Waals surface area contributed by atoms with Gasteiger partial charge in [-0.3, -0.25) is 4.99 Å². The third kappa shape index (κ3) is 5.12. The van der Waals surface area contributed by atoms with Crippen LogP contribution in [0.3, 0.4) is 0 Å². The minimum absolute atomic E-state index is 0. The van der Waals surface area contributed by atoms with E-state index in [-0.39, 0.29) is 46.9 Å². The molecule has 2 fully saturated rings. The van der Waals surface area contributed by atoms with Crippen molar-refractivity contribution in [2.24, 2.45) is 4.99 Å². The quantitative estimate of drug-likeness (QED) is 0.386. The highest BCUT2D eigenvalue weighted by molar-refractivity contribution is 14.0. The number of sulfone groups is 1. The average Bonchev–Trinajstić information content (AvgIpc) is 3.18. The lowest BCUT2D eigenvalue weighted by atomic mass is 9.78. The monoisotopic (exact) mass is 491 g/mol. The molecule has 1 atom stereocenters. The van der Waals surface area contributed by atoms with Gasteiger partial charge in [0.05, 0.1) is 11.5 Å². The normalized spacial score (nSPS) is 24.1. The van der Waals surface area contributed by atoms with Crippen molar-refractivity contribution in [3.63, 3.8) is 0 Å². The number of nitrogens with zero attached hydrogens (tertiary/aromatic N) is 1. The predicted octanol–water partition coefficient (Wildman–Crippen LogP) is 2.78. The fourth-order valence-corrected chi connectivity index (χ4v) is 5.82. The second kappa shape index (κ2) is 8.91. The summed E-state index contributed by atoms with van der Waals surface area (Å²) in [5.41, 5.74) is 2.84. The van der Waals surface area contributed by atoms with Crippen LogP contribution in [0.25, 0.3) is 0 Å². The smallest absolute Gasteiger partial charge is 0.191 e. The topological polar surface area (TPSA) is 70.6 Å². The van der Waals surface area contributed by atoms with Gasteiger partial charge in [0.25, 0.3) is 0 Å². The van der Waals surface area contributed by atoms with Crippen LogP contribution in [0.2, 0.25) is 0 Å². The van der Waals surface area contributed by atoms with Gasteiger partial charge in [0, 0.05) is 25.0 Å². The van der Waals surface area contributed by atoms with E-state index in [1.807, 2.05) is 0 Å². The predicted molar refractivity (Wildman–Crippen MR) is 118 cm³/mol. The van der Waals surface area contributed by atoms with Gasteiger partial charge in [-0.05, 0) is 31.7 Å². The number of guanidine groups is 1. The number of nitrogens with one attached hydrogen (secondary N) is 2. The lowest BCUT2D eigenvalue weighted by molar-refractivity contribution is 0.430. The summed E-state index contributed by atoms with van der Waals surface area (Å²) in [6, 6.07) is 8.78. The number of aryl methyl sites for hydroxylation is 1. The summed E-state index contributed by atoms with van der Waals surface area (Å²) in [5, 5.41) is 6.75. The zero-order chi connectivity index (χ0) is 17.9. The lowest BCUT2D eigenvalue weighted by Gasteiger charge is -2.31. The van der Waals surface area contributed by atoms with Crippen LogP contribution >= 0.6 is 24.0 Å². The Labute approximate surface area is 174 Å². The van der Waals surface area contributed by atoms with Crippen molar-refractivity contribution in [1.29, 1.82) is 0 Å². The molecule has 0 spiro atoms. The molecule has 1 aromatic rings. The van der Waals surface area contributed by atoms with E-state index >= 15 is 0 Å². The molecule has 1 unspecified atom stereocenters. The van der Waals surface area contributed by atoms with E-state index in [4.69, 9.17) is 0 Å². The maximum absolute atomic E-state index is 11.6. The van der Waals surface area contributed by atoms with E-state index < -0.39 is 9.84 Å². The second-order valence-electron chi connectivity index (χ2n) is 7.53. The first-order valence-electron chi connectivity index (χ1n) is 9.17. The van der Waals surface area contributed by atoms with Crippen molar-refractivity contribution >= 4 is 39.8 Å². The molecule has 3 rings (SSSR count). The van der Waals surface area contributed by atoms with Crippen LogP contribution in [0.5, 0.6) is 0 Å². The van der Waals surface area contributed by atoms with Crippen LogP contribution in [0.15, 0.2) is 29.3 Å². The maximum Gasteiger partial charge on any atom is 0.191 e. The van der Waals surface area contributed by atoms with Crippen molar-refractivity contribution in [1.82, 2.24) is 10.6 Å². The number of aliphatic imine (C=N–C) groups is 1. The molecule has 2 aliphatic rings. The molecule has 1 aliphatic carbocycles. The Kier molecular flexibility index (Phi) is 7.35. The van der Waals surface area contributed by atoms with E-state index in [0.717, 1.165) is 6.54 Å². The minimum atomic E-state index is -2.89. The molecule has 5 nitrogen and oxygen atoms in total. The zero-order valence-corrected chi connectivity index (χ0v) is 18.8. The summed E-state index contributed by atoms with van der Waals surface area (Å²) in [4.78, 5) is 4.30. The molecule has 0 aromatic heterocycles. The fourth-order valence-electron chi connectivity index (χ4n) is 4.14. The molecule has 146 valence electrons. The number of rotatable bonds is 4. The van der Waals surface area contributed by atoms with Gasteiger partial charge in [0.1, 0.15) is 0 Å². The van der Waals surface area contributed by atoms with Gasteiger partial charge in [0.2, 0.25) is 0 Å². The van der Waals surface area contributed by atoms with E-state index in [9.17, 15) is 8.42 Å². The summed E-state index contributed by atoms with van der Waals surface area (Å²) in [5.74, 6) is 1.19. The van der Waals surface area contributed by atoms with E-state index in [0.29, 0.717) is 12.4 Å². The van der Waals surface area contributed by atoms with Crippen LogP contribution in [-0.4, -0.2) is 45.5 Å². The van der Waals surface area contributed by atoms with Crippen LogP contribution in [0.4, 0.5) is 0 Å². The van der Waals surface area contributed by atoms with Crippen LogP contribution in [0, 0.1) is 6.92 Å². The van der Waals surface area contributed by atoms with Gasteiger partial charge in [-0.15, -0.1) is 24.0 Å². The maximum atomic E-state index is 11.6. The molecule has 1 saturated carbocycles. The molecular weight excluding hydrogens is 461 g/mol.